The number of hydrogen-bond donors (Lipinski definition) is 0. The second-order valence-corrected chi connectivity index (χ2v) is 17.6. The number of hydrogen-bond acceptors (Lipinski definition) is 2. The minimum atomic E-state index is -0.0299. The van der Waals surface area contributed by atoms with Gasteiger partial charge in [-0.3, -0.25) is 9.20 Å². The highest BCUT2D eigenvalue weighted by molar-refractivity contribution is 6.45. The standard InChI is InChI=1S/C60H30N2O/c63-60-47-30-26-43-39-22-20-37-41-24-28-45-52-35(32-11-5-2-6-12-32)18-17-34(31-9-3-1-4-10-31)51(52)44-27-23-40(55(41)57(44)45)36-19-21-38(54(39)53(36)37)42-25-29-46(58(47)56(42)43)59-61-48-15-7-13-33-14-8-16-49(50(33)48)62(59)60/h1-30H. The van der Waals surface area contributed by atoms with Gasteiger partial charge in [-0.1, -0.05) is 158 Å². The van der Waals surface area contributed by atoms with E-state index in [1.807, 2.05) is 10.5 Å². The monoisotopic (exact) mass is 794 g/mol. The molecule has 16 rings (SSSR count). The number of fused-ring (bicyclic) bond motifs is 10. The Morgan fingerprint density at radius 3 is 1.25 bits per heavy atom. The van der Waals surface area contributed by atoms with Gasteiger partial charge in [0.25, 0.3) is 5.56 Å². The van der Waals surface area contributed by atoms with Crippen molar-refractivity contribution in [3.63, 3.8) is 0 Å². The van der Waals surface area contributed by atoms with Crippen molar-refractivity contribution in [3.8, 4) is 44.5 Å². The van der Waals surface area contributed by atoms with E-state index in [0.29, 0.717) is 5.65 Å². The van der Waals surface area contributed by atoms with E-state index in [-0.39, 0.29) is 5.56 Å². The highest BCUT2D eigenvalue weighted by Gasteiger charge is 2.30. The Labute approximate surface area is 358 Å². The first-order chi connectivity index (χ1) is 31.2. The zero-order valence-electron chi connectivity index (χ0n) is 33.6. The Morgan fingerprint density at radius 1 is 0.317 bits per heavy atom. The van der Waals surface area contributed by atoms with Crippen LogP contribution in [0.25, 0.3) is 158 Å². The van der Waals surface area contributed by atoms with E-state index in [1.54, 1.807) is 0 Å². The molecule has 1 aliphatic carbocycles. The van der Waals surface area contributed by atoms with Gasteiger partial charge in [-0.2, -0.15) is 0 Å². The molecule has 3 nitrogen and oxygen atoms in total. The van der Waals surface area contributed by atoms with Crippen molar-refractivity contribution >= 4 is 114 Å². The lowest BCUT2D eigenvalue weighted by molar-refractivity contribution is 1.15. The van der Waals surface area contributed by atoms with Gasteiger partial charge in [-0.05, 0) is 144 Å². The molecule has 0 aliphatic heterocycles. The van der Waals surface area contributed by atoms with Crippen molar-refractivity contribution in [2.45, 2.75) is 0 Å². The van der Waals surface area contributed by atoms with Crippen LogP contribution < -0.4 is 5.56 Å². The van der Waals surface area contributed by atoms with Crippen LogP contribution in [-0.4, -0.2) is 9.38 Å². The van der Waals surface area contributed by atoms with Gasteiger partial charge in [0.05, 0.1) is 11.0 Å². The normalized spacial score (nSPS) is 12.8. The van der Waals surface area contributed by atoms with Gasteiger partial charge in [-0.25, -0.2) is 4.98 Å². The number of nitrogens with zero attached hydrogens (tertiary/aromatic N) is 2. The molecule has 0 amide bonds. The van der Waals surface area contributed by atoms with Crippen LogP contribution in [0.15, 0.2) is 187 Å². The summed E-state index contributed by atoms with van der Waals surface area (Å²) in [6.45, 7) is 0. The van der Waals surface area contributed by atoms with E-state index in [9.17, 15) is 4.79 Å². The van der Waals surface area contributed by atoms with Crippen LogP contribution in [0, 0.1) is 0 Å². The summed E-state index contributed by atoms with van der Waals surface area (Å²) in [6.07, 6.45) is 0. The lowest BCUT2D eigenvalue weighted by Crippen LogP contribution is -2.16. The summed E-state index contributed by atoms with van der Waals surface area (Å²) in [4.78, 5) is 20.0. The molecule has 0 saturated carbocycles. The third-order valence-corrected chi connectivity index (χ3v) is 14.8. The topological polar surface area (TPSA) is 34.4 Å². The zero-order valence-corrected chi connectivity index (χ0v) is 33.6. The Kier molecular flexibility index (Phi) is 5.70. The lowest BCUT2D eigenvalue weighted by atomic mass is 9.82. The molecule has 0 bridgehead atoms. The fourth-order valence-corrected chi connectivity index (χ4v) is 12.3. The number of pyridine rings is 1. The second kappa shape index (κ2) is 11.1. The van der Waals surface area contributed by atoms with Crippen LogP contribution in [-0.2, 0) is 0 Å². The molecule has 63 heavy (non-hydrogen) atoms. The molecule has 2 heterocycles. The van der Waals surface area contributed by atoms with Gasteiger partial charge in [-0.15, -0.1) is 0 Å². The molecule has 0 atom stereocenters. The van der Waals surface area contributed by atoms with Gasteiger partial charge in [0.15, 0.2) is 0 Å². The van der Waals surface area contributed by atoms with Crippen molar-refractivity contribution in [1.29, 1.82) is 0 Å². The highest BCUT2D eigenvalue weighted by Crippen LogP contribution is 2.58. The fraction of sp³-hybridized carbons (Fsp3) is 0. The van der Waals surface area contributed by atoms with Crippen LogP contribution in [0.3, 0.4) is 0 Å². The average Bonchev–Trinajstić information content (AvgIpc) is 3.69. The largest absolute Gasteiger partial charge is 0.268 e. The summed E-state index contributed by atoms with van der Waals surface area (Å²) >= 11 is 0. The maximum absolute atomic E-state index is 14.7. The van der Waals surface area contributed by atoms with Crippen molar-refractivity contribution in [1.82, 2.24) is 9.38 Å². The van der Waals surface area contributed by atoms with E-state index in [2.05, 4.69) is 176 Å². The summed E-state index contributed by atoms with van der Waals surface area (Å²) in [5.41, 5.74) is 12.7. The van der Waals surface area contributed by atoms with E-state index >= 15 is 0 Å². The smallest absolute Gasteiger partial charge is 0.264 e. The van der Waals surface area contributed by atoms with E-state index in [1.165, 1.54) is 109 Å². The third-order valence-electron chi connectivity index (χ3n) is 14.8. The minimum Gasteiger partial charge on any atom is -0.268 e. The molecule has 0 unspecified atom stereocenters. The Bertz CT molecular complexity index is 4430. The van der Waals surface area contributed by atoms with Crippen LogP contribution in [0.2, 0.25) is 0 Å². The molecule has 0 saturated heterocycles. The van der Waals surface area contributed by atoms with Gasteiger partial charge < -0.3 is 0 Å². The predicted molar refractivity (Wildman–Crippen MR) is 265 cm³/mol. The molecule has 286 valence electrons. The summed E-state index contributed by atoms with van der Waals surface area (Å²) in [5.74, 6) is 0. The molecule has 2 aromatic heterocycles. The molecule has 1 aliphatic rings. The minimum absolute atomic E-state index is 0.0299. The number of aromatic nitrogens is 2. The maximum Gasteiger partial charge on any atom is 0.264 e. The molecule has 0 spiro atoms. The average molecular weight is 795 g/mol. The first kappa shape index (κ1) is 32.4. The summed E-state index contributed by atoms with van der Waals surface area (Å²) in [7, 11) is 0. The van der Waals surface area contributed by atoms with Gasteiger partial charge in [0.2, 0.25) is 0 Å². The Balaban J connectivity index is 1.02. The molecule has 0 N–H and O–H groups in total. The van der Waals surface area contributed by atoms with Crippen molar-refractivity contribution < 1.29 is 0 Å². The molecular formula is C60H30N2O. The number of benzene rings is 13. The van der Waals surface area contributed by atoms with Crippen LogP contribution in [0.1, 0.15) is 0 Å². The molecular weight excluding hydrogens is 765 g/mol. The Morgan fingerprint density at radius 2 is 0.730 bits per heavy atom. The number of rotatable bonds is 2. The Hall–Kier alpha value is -8.40. The SMILES string of the molecule is O=c1c2ccc3c4ccc5c6ccc7c8c(ccc(c9ccc(c%10ccc(c2c3%10)c2nc3cccc%10cccc(c%103)n12)c4c59)c86)-c1c(-c2ccccc2)ccc(-c2ccccc2)c1-7. The summed E-state index contributed by atoms with van der Waals surface area (Å²) in [6, 6.07) is 66.5. The van der Waals surface area contributed by atoms with Crippen LogP contribution in [0.5, 0.6) is 0 Å². The fourth-order valence-electron chi connectivity index (χ4n) is 12.3. The second-order valence-electron chi connectivity index (χ2n) is 17.6. The van der Waals surface area contributed by atoms with Crippen molar-refractivity contribution in [2.24, 2.45) is 0 Å². The molecule has 13 aromatic carbocycles. The summed E-state index contributed by atoms with van der Waals surface area (Å²) < 4.78 is 1.84. The van der Waals surface area contributed by atoms with Crippen LogP contribution in [0.4, 0.5) is 0 Å². The van der Waals surface area contributed by atoms with E-state index in [0.717, 1.165) is 43.4 Å². The third kappa shape index (κ3) is 3.77. The zero-order chi connectivity index (χ0) is 40.8. The molecule has 0 radical (unpaired) electrons. The summed E-state index contributed by atoms with van der Waals surface area (Å²) in [5, 5.41) is 21.1. The van der Waals surface area contributed by atoms with Gasteiger partial charge in [0, 0.05) is 21.5 Å². The van der Waals surface area contributed by atoms with Crippen LogP contribution >= 0.6 is 0 Å². The maximum atomic E-state index is 14.7. The molecule has 15 aromatic rings. The van der Waals surface area contributed by atoms with Gasteiger partial charge >= 0.3 is 0 Å². The van der Waals surface area contributed by atoms with Crippen molar-refractivity contribution in [3.05, 3.63) is 192 Å². The predicted octanol–water partition coefficient (Wildman–Crippen LogP) is 15.5. The lowest BCUT2D eigenvalue weighted by Gasteiger charge is -2.21. The highest BCUT2D eigenvalue weighted by atomic mass is 16.1. The molecule has 3 heteroatoms. The van der Waals surface area contributed by atoms with Crippen molar-refractivity contribution in [2.75, 3.05) is 0 Å². The first-order valence-corrected chi connectivity index (χ1v) is 21.8. The van der Waals surface area contributed by atoms with Gasteiger partial charge in [0.1, 0.15) is 5.65 Å². The quantitative estimate of drug-likeness (QED) is 0.129. The van der Waals surface area contributed by atoms with E-state index < -0.39 is 0 Å². The molecule has 0 fully saturated rings. The first-order valence-electron chi connectivity index (χ1n) is 21.8. The van der Waals surface area contributed by atoms with E-state index in [4.69, 9.17) is 4.98 Å².